The summed E-state index contributed by atoms with van der Waals surface area (Å²) in [6.45, 7) is 4.86. The van der Waals surface area contributed by atoms with Crippen molar-refractivity contribution in [2.45, 2.75) is 38.7 Å². The molecule has 0 aromatic carbocycles. The van der Waals surface area contributed by atoms with E-state index >= 15 is 0 Å². The minimum absolute atomic E-state index is 0.0590. The Bertz CT molecular complexity index is 78.9. The first-order valence-electron chi connectivity index (χ1n) is 3.51. The van der Waals surface area contributed by atoms with Crippen molar-refractivity contribution in [2.24, 2.45) is 0 Å². The van der Waals surface area contributed by atoms with Crippen molar-refractivity contribution in [3.63, 3.8) is 0 Å². The Kier molecular flexibility index (Phi) is 2.09. The predicted octanol–water partition coefficient (Wildman–Crippen LogP) is 1.90. The molecule has 1 aliphatic rings. The van der Waals surface area contributed by atoms with Gasteiger partial charge in [0, 0.05) is 0 Å². The smallest absolute Gasteiger partial charge is 0.0980 e. The predicted molar refractivity (Wildman–Crippen MR) is 35.0 cm³/mol. The molecule has 0 atom stereocenters. The zero-order valence-electron chi connectivity index (χ0n) is 6.14. The largest absolute Gasteiger partial charge is 0.236 e. The molecule has 1 heterocycles. The Morgan fingerprint density at radius 1 is 1.22 bits per heavy atom. The van der Waals surface area contributed by atoms with Crippen LogP contribution in [0.2, 0.25) is 0 Å². The molecule has 0 radical (unpaired) electrons. The van der Waals surface area contributed by atoms with E-state index in [4.69, 9.17) is 9.78 Å². The summed E-state index contributed by atoms with van der Waals surface area (Å²) in [6, 6.07) is 0. The highest BCUT2D eigenvalue weighted by Crippen LogP contribution is 2.21. The van der Waals surface area contributed by atoms with Gasteiger partial charge in [-0.2, -0.15) is 0 Å². The maximum Gasteiger partial charge on any atom is 0.0980 e. The molecule has 2 heteroatoms. The highest BCUT2D eigenvalue weighted by atomic mass is 17.2. The number of hydrogen-bond donors (Lipinski definition) is 0. The molecular formula is C7H14O2. The average Bonchev–Trinajstić information content (AvgIpc) is 1.92. The van der Waals surface area contributed by atoms with Crippen LogP contribution in [0.1, 0.15) is 33.1 Å². The zero-order chi connectivity index (χ0) is 6.74. The van der Waals surface area contributed by atoms with Gasteiger partial charge in [0.05, 0.1) is 12.2 Å². The molecule has 0 aromatic heterocycles. The SMILES string of the molecule is CC1(C)CCCCOO1. The zero-order valence-corrected chi connectivity index (χ0v) is 6.14. The van der Waals surface area contributed by atoms with Crippen LogP contribution in [0.5, 0.6) is 0 Å². The molecule has 54 valence electrons. The second-order valence-electron chi connectivity index (χ2n) is 3.12. The second-order valence-corrected chi connectivity index (χ2v) is 3.12. The molecule has 1 aliphatic heterocycles. The molecule has 2 nitrogen and oxygen atoms in total. The molecule has 0 saturated carbocycles. The Hall–Kier alpha value is -0.0800. The van der Waals surface area contributed by atoms with Gasteiger partial charge >= 0.3 is 0 Å². The van der Waals surface area contributed by atoms with Crippen LogP contribution in [-0.2, 0) is 9.78 Å². The van der Waals surface area contributed by atoms with Gasteiger partial charge in [0.25, 0.3) is 0 Å². The first kappa shape index (κ1) is 7.03. The molecule has 0 unspecified atom stereocenters. The summed E-state index contributed by atoms with van der Waals surface area (Å²) in [5, 5.41) is 0. The van der Waals surface area contributed by atoms with Crippen molar-refractivity contribution in [1.29, 1.82) is 0 Å². The highest BCUT2D eigenvalue weighted by Gasteiger charge is 2.21. The lowest BCUT2D eigenvalue weighted by Gasteiger charge is -2.19. The van der Waals surface area contributed by atoms with Crippen molar-refractivity contribution in [3.05, 3.63) is 0 Å². The van der Waals surface area contributed by atoms with Crippen molar-refractivity contribution >= 4 is 0 Å². The van der Waals surface area contributed by atoms with Crippen molar-refractivity contribution in [1.82, 2.24) is 0 Å². The van der Waals surface area contributed by atoms with E-state index in [2.05, 4.69) is 13.8 Å². The van der Waals surface area contributed by atoms with Gasteiger partial charge in [0.15, 0.2) is 0 Å². The Morgan fingerprint density at radius 2 is 2.00 bits per heavy atom. The van der Waals surface area contributed by atoms with Crippen LogP contribution in [-0.4, -0.2) is 12.2 Å². The van der Waals surface area contributed by atoms with E-state index in [-0.39, 0.29) is 5.60 Å². The van der Waals surface area contributed by atoms with Crippen LogP contribution in [0.4, 0.5) is 0 Å². The Morgan fingerprint density at radius 3 is 2.78 bits per heavy atom. The summed E-state index contributed by atoms with van der Waals surface area (Å²) >= 11 is 0. The Balaban J connectivity index is 2.36. The van der Waals surface area contributed by atoms with Gasteiger partial charge in [-0.1, -0.05) is 0 Å². The van der Waals surface area contributed by atoms with Gasteiger partial charge < -0.3 is 0 Å². The summed E-state index contributed by atoms with van der Waals surface area (Å²) in [4.78, 5) is 10.0. The van der Waals surface area contributed by atoms with Crippen LogP contribution in [0.25, 0.3) is 0 Å². The van der Waals surface area contributed by atoms with Crippen LogP contribution in [0, 0.1) is 0 Å². The van der Waals surface area contributed by atoms with Gasteiger partial charge in [0.2, 0.25) is 0 Å². The molecule has 0 amide bonds. The monoisotopic (exact) mass is 130 g/mol. The lowest BCUT2D eigenvalue weighted by molar-refractivity contribution is -0.346. The van der Waals surface area contributed by atoms with Gasteiger partial charge in [0.1, 0.15) is 0 Å². The molecular weight excluding hydrogens is 116 g/mol. The molecule has 0 aliphatic carbocycles. The van der Waals surface area contributed by atoms with E-state index in [0.29, 0.717) is 0 Å². The van der Waals surface area contributed by atoms with Crippen LogP contribution < -0.4 is 0 Å². The fourth-order valence-corrected chi connectivity index (χ4v) is 0.955. The van der Waals surface area contributed by atoms with E-state index in [1.807, 2.05) is 0 Å². The maximum atomic E-state index is 5.09. The lowest BCUT2D eigenvalue weighted by Crippen LogP contribution is -2.22. The summed E-state index contributed by atoms with van der Waals surface area (Å²) in [6.07, 6.45) is 3.45. The lowest BCUT2D eigenvalue weighted by atomic mass is 10.0. The summed E-state index contributed by atoms with van der Waals surface area (Å²) in [7, 11) is 0. The topological polar surface area (TPSA) is 18.5 Å². The third-order valence-corrected chi connectivity index (χ3v) is 1.54. The highest BCUT2D eigenvalue weighted by molar-refractivity contribution is 4.67. The quantitative estimate of drug-likeness (QED) is 0.466. The third kappa shape index (κ3) is 2.33. The van der Waals surface area contributed by atoms with E-state index < -0.39 is 0 Å². The van der Waals surface area contributed by atoms with Gasteiger partial charge in [-0.25, -0.2) is 9.78 Å². The fourth-order valence-electron chi connectivity index (χ4n) is 0.955. The standard InChI is InChI=1S/C7H14O2/c1-7(2)5-3-4-6-8-9-7/h3-6H2,1-2H3. The van der Waals surface area contributed by atoms with E-state index in [9.17, 15) is 0 Å². The maximum absolute atomic E-state index is 5.09. The van der Waals surface area contributed by atoms with E-state index in [1.165, 1.54) is 6.42 Å². The summed E-state index contributed by atoms with van der Waals surface area (Å²) in [5.74, 6) is 0. The first-order valence-corrected chi connectivity index (χ1v) is 3.51. The normalized spacial score (nSPS) is 27.3. The van der Waals surface area contributed by atoms with Crippen molar-refractivity contribution in [3.8, 4) is 0 Å². The molecule has 9 heavy (non-hydrogen) atoms. The van der Waals surface area contributed by atoms with Crippen molar-refractivity contribution < 1.29 is 9.78 Å². The fraction of sp³-hybridized carbons (Fsp3) is 1.00. The average molecular weight is 130 g/mol. The van der Waals surface area contributed by atoms with Gasteiger partial charge in [-0.3, -0.25) is 0 Å². The first-order chi connectivity index (χ1) is 4.21. The minimum Gasteiger partial charge on any atom is -0.236 e. The van der Waals surface area contributed by atoms with Crippen LogP contribution in [0.15, 0.2) is 0 Å². The molecule has 0 bridgehead atoms. The number of rotatable bonds is 0. The van der Waals surface area contributed by atoms with E-state index in [1.54, 1.807) is 0 Å². The molecule has 0 aromatic rings. The third-order valence-electron chi connectivity index (χ3n) is 1.54. The minimum atomic E-state index is -0.0590. The van der Waals surface area contributed by atoms with Crippen molar-refractivity contribution in [2.75, 3.05) is 6.61 Å². The van der Waals surface area contributed by atoms with E-state index in [0.717, 1.165) is 19.4 Å². The Labute approximate surface area is 56.1 Å². The number of hydrogen-bond acceptors (Lipinski definition) is 2. The molecule has 1 rings (SSSR count). The summed E-state index contributed by atoms with van der Waals surface area (Å²) < 4.78 is 0. The molecule has 1 saturated heterocycles. The molecule has 0 N–H and O–H groups in total. The second kappa shape index (κ2) is 2.67. The van der Waals surface area contributed by atoms with Gasteiger partial charge in [-0.15, -0.1) is 0 Å². The van der Waals surface area contributed by atoms with Crippen LogP contribution in [0.3, 0.4) is 0 Å². The van der Waals surface area contributed by atoms with Gasteiger partial charge in [-0.05, 0) is 33.1 Å². The molecule has 0 spiro atoms. The molecule has 1 fully saturated rings. The summed E-state index contributed by atoms with van der Waals surface area (Å²) in [5.41, 5.74) is -0.0590. The van der Waals surface area contributed by atoms with Crippen LogP contribution >= 0.6 is 0 Å².